The van der Waals surface area contributed by atoms with E-state index in [0.717, 1.165) is 12.8 Å². The number of likely N-dealkylation sites (tertiary alicyclic amines) is 1. The quantitative estimate of drug-likeness (QED) is 0.652. The van der Waals surface area contributed by atoms with Crippen molar-refractivity contribution in [1.82, 2.24) is 19.2 Å². The molecule has 1 aromatic carbocycles. The van der Waals surface area contributed by atoms with Crippen LogP contribution in [0.15, 0.2) is 41.6 Å². The van der Waals surface area contributed by atoms with Gasteiger partial charge in [0.05, 0.1) is 24.7 Å². The molecular weight excluding hydrogens is 434 g/mol. The molecule has 0 bridgehead atoms. The SMILES string of the molecule is N#Cc1nccnc1OC1CCCN(C(=O)c2ccc(S(=O)(=O)N3CCOCC3)cc2)C1. The van der Waals surface area contributed by atoms with Crippen molar-refractivity contribution in [2.75, 3.05) is 39.4 Å². The first-order chi connectivity index (χ1) is 15.5. The van der Waals surface area contributed by atoms with Gasteiger partial charge in [-0.05, 0) is 37.1 Å². The van der Waals surface area contributed by atoms with Crippen LogP contribution >= 0.6 is 0 Å². The number of benzene rings is 1. The van der Waals surface area contributed by atoms with E-state index in [9.17, 15) is 13.2 Å². The zero-order valence-electron chi connectivity index (χ0n) is 17.4. The predicted octanol–water partition coefficient (Wildman–Crippen LogP) is 1.05. The molecule has 10 nitrogen and oxygen atoms in total. The minimum absolute atomic E-state index is 0.105. The molecule has 0 aliphatic carbocycles. The molecule has 11 heteroatoms. The van der Waals surface area contributed by atoms with Gasteiger partial charge in [0.25, 0.3) is 11.8 Å². The van der Waals surface area contributed by atoms with E-state index in [2.05, 4.69) is 9.97 Å². The third-order valence-corrected chi connectivity index (χ3v) is 7.34. The lowest BCUT2D eigenvalue weighted by atomic mass is 10.1. The molecule has 0 spiro atoms. The molecule has 2 saturated heterocycles. The number of ether oxygens (including phenoxy) is 2. The van der Waals surface area contributed by atoms with Crippen molar-refractivity contribution in [3.63, 3.8) is 0 Å². The van der Waals surface area contributed by atoms with E-state index in [4.69, 9.17) is 14.7 Å². The lowest BCUT2D eigenvalue weighted by Crippen LogP contribution is -2.44. The van der Waals surface area contributed by atoms with Crippen LogP contribution < -0.4 is 4.74 Å². The minimum Gasteiger partial charge on any atom is -0.470 e. The average molecular weight is 458 g/mol. The Kier molecular flexibility index (Phi) is 6.64. The zero-order valence-corrected chi connectivity index (χ0v) is 18.2. The lowest BCUT2D eigenvalue weighted by Gasteiger charge is -2.32. The number of carbonyl (C=O) groups is 1. The summed E-state index contributed by atoms with van der Waals surface area (Å²) in [5.41, 5.74) is 0.511. The first-order valence-corrected chi connectivity index (χ1v) is 11.8. The number of piperidine rings is 1. The summed E-state index contributed by atoms with van der Waals surface area (Å²) in [6.07, 6.45) is 4.03. The van der Waals surface area contributed by atoms with Crippen molar-refractivity contribution in [2.24, 2.45) is 0 Å². The van der Waals surface area contributed by atoms with Crippen molar-refractivity contribution < 1.29 is 22.7 Å². The fraction of sp³-hybridized carbons (Fsp3) is 0.429. The molecule has 1 amide bonds. The molecule has 168 valence electrons. The topological polar surface area (TPSA) is 126 Å². The smallest absolute Gasteiger partial charge is 0.253 e. The first-order valence-electron chi connectivity index (χ1n) is 10.3. The zero-order chi connectivity index (χ0) is 22.6. The van der Waals surface area contributed by atoms with Gasteiger partial charge < -0.3 is 14.4 Å². The van der Waals surface area contributed by atoms with Crippen LogP contribution in [0.25, 0.3) is 0 Å². The van der Waals surface area contributed by atoms with Crippen LogP contribution in [0.1, 0.15) is 28.9 Å². The largest absolute Gasteiger partial charge is 0.470 e. The van der Waals surface area contributed by atoms with Crippen LogP contribution in [0.3, 0.4) is 0 Å². The third kappa shape index (κ3) is 4.72. The molecule has 1 atom stereocenters. The second-order valence-electron chi connectivity index (χ2n) is 7.50. The molecule has 4 rings (SSSR count). The van der Waals surface area contributed by atoms with E-state index in [1.165, 1.54) is 41.0 Å². The van der Waals surface area contributed by atoms with Gasteiger partial charge in [0.15, 0.2) is 0 Å². The Labute approximate surface area is 186 Å². The second kappa shape index (κ2) is 9.60. The van der Waals surface area contributed by atoms with Crippen LogP contribution in [-0.4, -0.2) is 79.0 Å². The molecule has 2 aromatic rings. The number of hydrogen-bond donors (Lipinski definition) is 0. The van der Waals surface area contributed by atoms with Crippen molar-refractivity contribution in [2.45, 2.75) is 23.8 Å². The summed E-state index contributed by atoms with van der Waals surface area (Å²) in [4.78, 5) is 22.8. The highest BCUT2D eigenvalue weighted by molar-refractivity contribution is 7.89. The summed E-state index contributed by atoms with van der Waals surface area (Å²) in [7, 11) is -3.61. The van der Waals surface area contributed by atoms with Gasteiger partial charge in [0.1, 0.15) is 12.2 Å². The Morgan fingerprint density at radius 1 is 1.12 bits per heavy atom. The summed E-state index contributed by atoms with van der Waals surface area (Å²) in [6, 6.07) is 7.96. The van der Waals surface area contributed by atoms with Gasteiger partial charge >= 0.3 is 0 Å². The van der Waals surface area contributed by atoms with Gasteiger partial charge in [0, 0.05) is 37.6 Å². The molecule has 0 N–H and O–H groups in total. The van der Waals surface area contributed by atoms with Gasteiger partial charge in [0.2, 0.25) is 15.7 Å². The van der Waals surface area contributed by atoms with Crippen molar-refractivity contribution >= 4 is 15.9 Å². The first kappa shape index (κ1) is 22.1. The van der Waals surface area contributed by atoms with E-state index in [0.29, 0.717) is 45.0 Å². The Morgan fingerprint density at radius 2 is 1.84 bits per heavy atom. The maximum Gasteiger partial charge on any atom is 0.253 e. The molecule has 1 unspecified atom stereocenters. The monoisotopic (exact) mass is 457 g/mol. The number of nitrogens with zero attached hydrogens (tertiary/aromatic N) is 5. The highest BCUT2D eigenvalue weighted by Crippen LogP contribution is 2.22. The van der Waals surface area contributed by atoms with E-state index in [-0.39, 0.29) is 28.5 Å². The number of amides is 1. The van der Waals surface area contributed by atoms with Gasteiger partial charge in [-0.15, -0.1) is 0 Å². The third-order valence-electron chi connectivity index (χ3n) is 5.42. The average Bonchev–Trinajstić information content (AvgIpc) is 2.85. The Hall–Kier alpha value is -3.07. The molecule has 2 fully saturated rings. The number of carbonyl (C=O) groups excluding carboxylic acids is 1. The summed E-state index contributed by atoms with van der Waals surface area (Å²) in [5, 5.41) is 9.15. The number of hydrogen-bond acceptors (Lipinski definition) is 8. The fourth-order valence-corrected chi connectivity index (χ4v) is 5.16. The number of rotatable bonds is 5. The van der Waals surface area contributed by atoms with Crippen molar-refractivity contribution in [3.8, 4) is 11.9 Å². The number of morpholine rings is 1. The molecular formula is C21H23N5O5S. The van der Waals surface area contributed by atoms with Crippen LogP contribution in [0.2, 0.25) is 0 Å². The Bertz CT molecular complexity index is 1110. The van der Waals surface area contributed by atoms with Crippen LogP contribution in [-0.2, 0) is 14.8 Å². The molecule has 0 saturated carbocycles. The van der Waals surface area contributed by atoms with Gasteiger partial charge in [-0.3, -0.25) is 4.79 Å². The molecule has 3 heterocycles. The Balaban J connectivity index is 1.43. The summed E-state index contributed by atoms with van der Waals surface area (Å²) >= 11 is 0. The van der Waals surface area contributed by atoms with Gasteiger partial charge in [-0.25, -0.2) is 18.4 Å². The highest BCUT2D eigenvalue weighted by Gasteiger charge is 2.29. The minimum atomic E-state index is -3.61. The Morgan fingerprint density at radius 3 is 2.56 bits per heavy atom. The number of nitriles is 1. The van der Waals surface area contributed by atoms with E-state index >= 15 is 0 Å². The normalized spacial score (nSPS) is 19.8. The fourth-order valence-electron chi connectivity index (χ4n) is 3.75. The number of sulfonamides is 1. The number of aromatic nitrogens is 2. The molecule has 1 aromatic heterocycles. The molecule has 2 aliphatic heterocycles. The second-order valence-corrected chi connectivity index (χ2v) is 9.43. The van der Waals surface area contributed by atoms with Crippen molar-refractivity contribution in [3.05, 3.63) is 47.9 Å². The highest BCUT2D eigenvalue weighted by atomic mass is 32.2. The maximum absolute atomic E-state index is 13.0. The van der Waals surface area contributed by atoms with E-state index in [1.807, 2.05) is 6.07 Å². The summed E-state index contributed by atoms with van der Waals surface area (Å²) < 4.78 is 38.0. The maximum atomic E-state index is 13.0. The van der Waals surface area contributed by atoms with Crippen LogP contribution in [0, 0.1) is 11.3 Å². The lowest BCUT2D eigenvalue weighted by molar-refractivity contribution is 0.0526. The summed E-state index contributed by atoms with van der Waals surface area (Å²) in [6.45, 7) is 2.29. The predicted molar refractivity (Wildman–Crippen MR) is 112 cm³/mol. The van der Waals surface area contributed by atoms with Crippen molar-refractivity contribution in [1.29, 1.82) is 5.26 Å². The summed E-state index contributed by atoms with van der Waals surface area (Å²) in [5.74, 6) is -0.0414. The molecule has 0 radical (unpaired) electrons. The molecule has 32 heavy (non-hydrogen) atoms. The standard InChI is InChI=1S/C21H23N5O5S/c22-14-19-20(24-8-7-23-19)31-17-2-1-9-25(15-17)21(27)16-3-5-18(6-4-16)32(28,29)26-10-12-30-13-11-26/h3-8,17H,1-2,9-13,15H2. The van der Waals surface area contributed by atoms with Crippen LogP contribution in [0.4, 0.5) is 0 Å². The molecule has 2 aliphatic rings. The van der Waals surface area contributed by atoms with E-state index < -0.39 is 10.0 Å². The van der Waals surface area contributed by atoms with Gasteiger partial charge in [-0.1, -0.05) is 0 Å². The van der Waals surface area contributed by atoms with E-state index in [1.54, 1.807) is 4.90 Å². The van der Waals surface area contributed by atoms with Crippen LogP contribution in [0.5, 0.6) is 5.88 Å². The van der Waals surface area contributed by atoms with Gasteiger partial charge in [-0.2, -0.15) is 9.57 Å².